The maximum absolute atomic E-state index is 4.27. The van der Waals surface area contributed by atoms with E-state index in [9.17, 15) is 0 Å². The minimum absolute atomic E-state index is 0.460. The predicted octanol–water partition coefficient (Wildman–Crippen LogP) is 2.95. The van der Waals surface area contributed by atoms with E-state index in [1.165, 1.54) is 5.69 Å². The Hall–Kier alpha value is -2.83. The Morgan fingerprint density at radius 1 is 1.12 bits per heavy atom. The van der Waals surface area contributed by atoms with E-state index in [1.54, 1.807) is 6.20 Å². The van der Waals surface area contributed by atoms with Crippen molar-refractivity contribution < 1.29 is 0 Å². The molecule has 0 radical (unpaired) electrons. The summed E-state index contributed by atoms with van der Waals surface area (Å²) >= 11 is 0. The predicted molar refractivity (Wildman–Crippen MR) is 103 cm³/mol. The van der Waals surface area contributed by atoms with Crippen molar-refractivity contribution in [3.8, 4) is 5.69 Å². The zero-order chi connectivity index (χ0) is 17.8. The Kier molecular flexibility index (Phi) is 4.86. The van der Waals surface area contributed by atoms with Crippen LogP contribution in [0.3, 0.4) is 0 Å². The van der Waals surface area contributed by atoms with Crippen LogP contribution in [0.1, 0.15) is 26.2 Å². The molecule has 1 saturated heterocycles. The first-order valence-electron chi connectivity index (χ1n) is 9.33. The molecule has 0 bridgehead atoms. The fourth-order valence-corrected chi connectivity index (χ4v) is 3.43. The maximum Gasteiger partial charge on any atom is 0.168 e. The van der Waals surface area contributed by atoms with Gasteiger partial charge in [-0.1, -0.05) is 12.1 Å². The number of hydrogen-bond donors (Lipinski definition) is 1. The fraction of sp³-hybridized carbons (Fsp3) is 0.421. The van der Waals surface area contributed by atoms with E-state index in [-0.39, 0.29) is 0 Å². The zero-order valence-electron chi connectivity index (χ0n) is 15.1. The van der Waals surface area contributed by atoms with Crippen LogP contribution in [0.4, 0.5) is 11.5 Å². The minimum Gasteiger partial charge on any atom is -0.371 e. The Morgan fingerprint density at radius 2 is 1.88 bits per heavy atom. The molecule has 0 atom stereocenters. The van der Waals surface area contributed by atoms with E-state index >= 15 is 0 Å². The number of aromatic nitrogens is 5. The van der Waals surface area contributed by atoms with Gasteiger partial charge in [-0.3, -0.25) is 4.68 Å². The van der Waals surface area contributed by atoms with Crippen LogP contribution in [0, 0.1) is 0 Å². The molecule has 1 aliphatic rings. The fourth-order valence-electron chi connectivity index (χ4n) is 3.43. The molecule has 1 aromatic carbocycles. The number of benzene rings is 1. The van der Waals surface area contributed by atoms with Gasteiger partial charge in [0.05, 0.1) is 11.9 Å². The molecule has 3 heterocycles. The lowest BCUT2D eigenvalue weighted by Crippen LogP contribution is -2.39. The monoisotopic (exact) mass is 351 g/mol. The largest absolute Gasteiger partial charge is 0.371 e. The van der Waals surface area contributed by atoms with Crippen molar-refractivity contribution in [2.24, 2.45) is 0 Å². The summed E-state index contributed by atoms with van der Waals surface area (Å²) in [5, 5.41) is 16.2. The van der Waals surface area contributed by atoms with E-state index < -0.39 is 0 Å². The van der Waals surface area contributed by atoms with E-state index in [1.807, 2.05) is 27.8 Å². The average Bonchev–Trinajstić information content (AvgIpc) is 3.35. The molecule has 7 nitrogen and oxygen atoms in total. The quantitative estimate of drug-likeness (QED) is 0.740. The topological polar surface area (TPSA) is 63.8 Å². The molecule has 7 heteroatoms. The third-order valence-electron chi connectivity index (χ3n) is 4.82. The molecule has 4 rings (SSSR count). The van der Waals surface area contributed by atoms with Gasteiger partial charge in [0.1, 0.15) is 0 Å². The normalized spacial score (nSPS) is 15.3. The second kappa shape index (κ2) is 7.59. The van der Waals surface area contributed by atoms with Crippen molar-refractivity contribution in [1.82, 2.24) is 24.8 Å². The highest BCUT2D eigenvalue weighted by Crippen LogP contribution is 2.23. The standard InChI is InChI=1S/C19H25N7/c1-2-11-25-15-19(22-23-25)21-16-8-13-24(14-9-16)17-4-6-18(7-5-17)26-12-3-10-20-26/h3-7,10,12,15-16,21H,2,8-9,11,13-14H2,1H3. The van der Waals surface area contributed by atoms with Gasteiger partial charge < -0.3 is 10.2 Å². The van der Waals surface area contributed by atoms with Crippen molar-refractivity contribution in [1.29, 1.82) is 0 Å². The first-order valence-corrected chi connectivity index (χ1v) is 9.33. The van der Waals surface area contributed by atoms with Crippen LogP contribution in [0.25, 0.3) is 5.69 Å². The number of piperidine rings is 1. The number of hydrogen-bond acceptors (Lipinski definition) is 5. The van der Waals surface area contributed by atoms with Crippen LogP contribution >= 0.6 is 0 Å². The number of aryl methyl sites for hydroxylation is 1. The van der Waals surface area contributed by atoms with Crippen LogP contribution < -0.4 is 10.2 Å². The third-order valence-corrected chi connectivity index (χ3v) is 4.82. The van der Waals surface area contributed by atoms with Gasteiger partial charge in [0.15, 0.2) is 5.82 Å². The first-order chi connectivity index (χ1) is 12.8. The minimum atomic E-state index is 0.460. The summed E-state index contributed by atoms with van der Waals surface area (Å²) in [6, 6.07) is 11.0. The molecule has 1 N–H and O–H groups in total. The highest BCUT2D eigenvalue weighted by Gasteiger charge is 2.20. The summed E-state index contributed by atoms with van der Waals surface area (Å²) in [7, 11) is 0. The summed E-state index contributed by atoms with van der Waals surface area (Å²) in [6.07, 6.45) is 9.03. The number of nitrogens with one attached hydrogen (secondary N) is 1. The van der Waals surface area contributed by atoms with Gasteiger partial charge in [-0.15, -0.1) is 5.10 Å². The lowest BCUT2D eigenvalue weighted by Gasteiger charge is -2.34. The Morgan fingerprint density at radius 3 is 2.58 bits per heavy atom. The van der Waals surface area contributed by atoms with E-state index in [0.29, 0.717) is 6.04 Å². The van der Waals surface area contributed by atoms with E-state index in [0.717, 1.165) is 50.4 Å². The molecule has 0 saturated carbocycles. The van der Waals surface area contributed by atoms with Crippen LogP contribution in [0.2, 0.25) is 0 Å². The molecule has 1 aliphatic heterocycles. The van der Waals surface area contributed by atoms with Gasteiger partial charge in [-0.25, -0.2) is 4.68 Å². The Balaban J connectivity index is 1.31. The van der Waals surface area contributed by atoms with Gasteiger partial charge in [-0.05, 0) is 49.6 Å². The van der Waals surface area contributed by atoms with Crippen molar-refractivity contribution in [3.05, 3.63) is 48.9 Å². The van der Waals surface area contributed by atoms with Crippen LogP contribution in [-0.2, 0) is 6.54 Å². The average molecular weight is 351 g/mol. The van der Waals surface area contributed by atoms with Crippen molar-refractivity contribution in [2.75, 3.05) is 23.3 Å². The first kappa shape index (κ1) is 16.6. The number of rotatable bonds is 6. The molecule has 26 heavy (non-hydrogen) atoms. The summed E-state index contributed by atoms with van der Waals surface area (Å²) in [5.41, 5.74) is 2.36. The van der Waals surface area contributed by atoms with E-state index in [2.05, 4.69) is 56.8 Å². The lowest BCUT2D eigenvalue weighted by atomic mass is 10.0. The van der Waals surface area contributed by atoms with E-state index in [4.69, 9.17) is 0 Å². The second-order valence-corrected chi connectivity index (χ2v) is 6.74. The molecule has 136 valence electrons. The summed E-state index contributed by atoms with van der Waals surface area (Å²) < 4.78 is 3.78. The third kappa shape index (κ3) is 3.71. The molecule has 0 spiro atoms. The zero-order valence-corrected chi connectivity index (χ0v) is 15.1. The summed E-state index contributed by atoms with van der Waals surface area (Å²) in [6.45, 7) is 5.15. The van der Waals surface area contributed by atoms with Crippen molar-refractivity contribution >= 4 is 11.5 Å². The van der Waals surface area contributed by atoms with Crippen LogP contribution in [0.5, 0.6) is 0 Å². The Bertz CT molecular complexity index is 799. The van der Waals surface area contributed by atoms with Crippen molar-refractivity contribution in [2.45, 2.75) is 38.8 Å². The van der Waals surface area contributed by atoms with Gasteiger partial charge in [-0.2, -0.15) is 5.10 Å². The SMILES string of the molecule is CCCn1cc(NC2CCN(c3ccc(-n4cccn4)cc3)CC2)nn1. The maximum atomic E-state index is 4.27. The van der Waals surface area contributed by atoms with Gasteiger partial charge >= 0.3 is 0 Å². The van der Waals surface area contributed by atoms with Crippen LogP contribution in [-0.4, -0.2) is 43.9 Å². The van der Waals surface area contributed by atoms with Gasteiger partial charge in [0, 0.05) is 43.8 Å². The molecule has 0 unspecified atom stereocenters. The molecule has 1 fully saturated rings. The molecule has 0 aliphatic carbocycles. The Labute approximate surface area is 153 Å². The summed E-state index contributed by atoms with van der Waals surface area (Å²) in [4.78, 5) is 2.44. The van der Waals surface area contributed by atoms with Gasteiger partial charge in [0.2, 0.25) is 0 Å². The lowest BCUT2D eigenvalue weighted by molar-refractivity contribution is 0.525. The molecule has 0 amide bonds. The number of nitrogens with zero attached hydrogens (tertiary/aromatic N) is 6. The molecular formula is C19H25N7. The highest BCUT2D eigenvalue weighted by molar-refractivity contribution is 5.51. The van der Waals surface area contributed by atoms with Crippen LogP contribution in [0.15, 0.2) is 48.9 Å². The highest BCUT2D eigenvalue weighted by atomic mass is 15.4. The van der Waals surface area contributed by atoms with Crippen molar-refractivity contribution in [3.63, 3.8) is 0 Å². The van der Waals surface area contributed by atoms with Gasteiger partial charge in [0.25, 0.3) is 0 Å². The molecular weight excluding hydrogens is 326 g/mol. The molecule has 2 aromatic heterocycles. The molecule has 3 aromatic rings. The second-order valence-electron chi connectivity index (χ2n) is 6.74. The number of anilines is 2. The summed E-state index contributed by atoms with van der Waals surface area (Å²) in [5.74, 6) is 0.889. The smallest absolute Gasteiger partial charge is 0.168 e.